The zero-order valence-corrected chi connectivity index (χ0v) is 14.6. The lowest BCUT2D eigenvalue weighted by atomic mass is 10.0. The van der Waals surface area contributed by atoms with E-state index in [0.717, 1.165) is 29.8 Å². The van der Waals surface area contributed by atoms with Gasteiger partial charge >= 0.3 is 6.03 Å². The van der Waals surface area contributed by atoms with Crippen LogP contribution < -0.4 is 16.0 Å². The van der Waals surface area contributed by atoms with Crippen LogP contribution in [0.1, 0.15) is 31.0 Å². The number of hydrogen-bond donors (Lipinski definition) is 3. The maximum atomic E-state index is 12.2. The molecule has 3 N–H and O–H groups in total. The molecular weight excluding hydrogens is 316 g/mol. The van der Waals surface area contributed by atoms with Crippen molar-refractivity contribution in [3.05, 3.63) is 47.8 Å². The molecule has 1 atom stereocenters. The summed E-state index contributed by atoms with van der Waals surface area (Å²) in [5, 5.41) is 8.68. The largest absolute Gasteiger partial charge is 0.354 e. The van der Waals surface area contributed by atoms with E-state index < -0.39 is 0 Å². The lowest BCUT2D eigenvalue weighted by Crippen LogP contribution is -2.36. The number of nitrogens with zero attached hydrogens (tertiary/aromatic N) is 1. The molecule has 1 aromatic heterocycles. The number of fused-ring (bicyclic) bond motifs is 1. The molecule has 0 fully saturated rings. The molecule has 0 spiro atoms. The molecule has 0 saturated carbocycles. The summed E-state index contributed by atoms with van der Waals surface area (Å²) in [6.45, 7) is 2.00. The lowest BCUT2D eigenvalue weighted by molar-refractivity contribution is -0.116. The number of nitrogens with one attached hydrogen (secondary N) is 3. The molecule has 1 aliphatic rings. The summed E-state index contributed by atoms with van der Waals surface area (Å²) in [6.07, 6.45) is 5.01. The van der Waals surface area contributed by atoms with E-state index in [2.05, 4.69) is 26.6 Å². The number of urea groups is 1. The average molecular weight is 340 g/mol. The highest BCUT2D eigenvalue weighted by molar-refractivity contribution is 5.95. The van der Waals surface area contributed by atoms with Crippen molar-refractivity contribution in [3.63, 3.8) is 0 Å². The van der Waals surface area contributed by atoms with Crippen LogP contribution in [0.5, 0.6) is 0 Å². The van der Waals surface area contributed by atoms with Crippen LogP contribution in [0.2, 0.25) is 0 Å². The van der Waals surface area contributed by atoms with Gasteiger partial charge in [-0.05, 0) is 62.1 Å². The number of amides is 3. The minimum Gasteiger partial charge on any atom is -0.354 e. The molecule has 25 heavy (non-hydrogen) atoms. The minimum absolute atomic E-state index is 0.0398. The fourth-order valence-electron chi connectivity index (χ4n) is 3.04. The van der Waals surface area contributed by atoms with Crippen molar-refractivity contribution in [2.75, 3.05) is 10.6 Å². The monoisotopic (exact) mass is 340 g/mol. The Labute approximate surface area is 147 Å². The molecule has 132 valence electrons. The molecular formula is C19H24N4O2. The first-order chi connectivity index (χ1) is 12.0. The Morgan fingerprint density at radius 3 is 2.92 bits per heavy atom. The maximum Gasteiger partial charge on any atom is 0.319 e. The van der Waals surface area contributed by atoms with Gasteiger partial charge in [0, 0.05) is 42.8 Å². The Hall–Kier alpha value is -2.76. The molecule has 3 rings (SSSR count). The molecule has 0 unspecified atom stereocenters. The predicted molar refractivity (Wildman–Crippen MR) is 98.7 cm³/mol. The second-order valence-corrected chi connectivity index (χ2v) is 6.57. The van der Waals surface area contributed by atoms with E-state index in [-0.39, 0.29) is 18.0 Å². The van der Waals surface area contributed by atoms with Crippen molar-refractivity contribution in [1.29, 1.82) is 0 Å². The summed E-state index contributed by atoms with van der Waals surface area (Å²) in [7, 11) is 2.03. The first kappa shape index (κ1) is 17.1. The van der Waals surface area contributed by atoms with Gasteiger partial charge in [-0.15, -0.1) is 0 Å². The van der Waals surface area contributed by atoms with E-state index in [1.807, 2.05) is 38.4 Å². The van der Waals surface area contributed by atoms with Crippen molar-refractivity contribution in [2.24, 2.45) is 7.05 Å². The molecule has 0 aliphatic carbocycles. The number of aromatic nitrogens is 1. The van der Waals surface area contributed by atoms with Crippen molar-refractivity contribution in [3.8, 4) is 0 Å². The summed E-state index contributed by atoms with van der Waals surface area (Å²) >= 11 is 0. The van der Waals surface area contributed by atoms with Crippen LogP contribution in [0.4, 0.5) is 16.2 Å². The van der Waals surface area contributed by atoms with E-state index in [0.29, 0.717) is 12.8 Å². The van der Waals surface area contributed by atoms with Crippen LogP contribution in [0.25, 0.3) is 0 Å². The van der Waals surface area contributed by atoms with Crippen molar-refractivity contribution in [2.45, 2.75) is 38.6 Å². The van der Waals surface area contributed by atoms with Crippen LogP contribution in [0.15, 0.2) is 36.5 Å². The van der Waals surface area contributed by atoms with Gasteiger partial charge in [0.25, 0.3) is 0 Å². The Morgan fingerprint density at radius 1 is 1.32 bits per heavy atom. The minimum atomic E-state index is -0.209. The van der Waals surface area contributed by atoms with Gasteiger partial charge in [0.15, 0.2) is 0 Å². The number of benzene rings is 1. The van der Waals surface area contributed by atoms with Crippen LogP contribution in [0, 0.1) is 0 Å². The number of aryl methyl sites for hydroxylation is 3. The third-order valence-corrected chi connectivity index (χ3v) is 4.52. The van der Waals surface area contributed by atoms with E-state index in [9.17, 15) is 9.59 Å². The van der Waals surface area contributed by atoms with Crippen LogP contribution >= 0.6 is 0 Å². The van der Waals surface area contributed by atoms with Crippen molar-refractivity contribution >= 4 is 23.3 Å². The van der Waals surface area contributed by atoms with Crippen LogP contribution in [-0.4, -0.2) is 22.5 Å². The molecule has 1 aromatic carbocycles. The van der Waals surface area contributed by atoms with Gasteiger partial charge in [0.1, 0.15) is 0 Å². The van der Waals surface area contributed by atoms with Gasteiger partial charge in [-0.3, -0.25) is 4.79 Å². The highest BCUT2D eigenvalue weighted by Crippen LogP contribution is 2.25. The number of anilines is 2. The summed E-state index contributed by atoms with van der Waals surface area (Å²) in [6, 6.07) is 9.55. The van der Waals surface area contributed by atoms with Crippen LogP contribution in [-0.2, 0) is 24.7 Å². The number of carbonyl (C=O) groups is 2. The molecule has 1 aliphatic heterocycles. The quantitative estimate of drug-likeness (QED) is 0.782. The Bertz CT molecular complexity index is 781. The molecule has 0 saturated heterocycles. The van der Waals surface area contributed by atoms with E-state index >= 15 is 0 Å². The van der Waals surface area contributed by atoms with Gasteiger partial charge in [0.2, 0.25) is 5.91 Å². The Kier molecular flexibility index (Phi) is 5.07. The van der Waals surface area contributed by atoms with Crippen LogP contribution in [0.3, 0.4) is 0 Å². The molecule has 0 bridgehead atoms. The summed E-state index contributed by atoms with van der Waals surface area (Å²) in [5.74, 6) is 0.0398. The third-order valence-electron chi connectivity index (χ3n) is 4.52. The van der Waals surface area contributed by atoms with E-state index in [1.54, 1.807) is 6.07 Å². The summed E-state index contributed by atoms with van der Waals surface area (Å²) < 4.78 is 2.10. The Balaban J connectivity index is 1.50. The van der Waals surface area contributed by atoms with Gasteiger partial charge < -0.3 is 20.5 Å². The second kappa shape index (κ2) is 7.42. The van der Waals surface area contributed by atoms with Gasteiger partial charge in [0.05, 0.1) is 0 Å². The standard InChI is InChI=1S/C19H24N4O2/c1-13(5-8-16-4-3-11-23(16)2)20-19(25)21-15-7-9-17-14(12-15)6-10-18(24)22-17/h3-4,7,9,11-13H,5-6,8,10H2,1-2H3,(H,22,24)(H2,20,21,25)/t13-/m0/s1. The zero-order chi connectivity index (χ0) is 17.8. The molecule has 6 heteroatoms. The first-order valence-electron chi connectivity index (χ1n) is 8.62. The maximum absolute atomic E-state index is 12.2. The summed E-state index contributed by atoms with van der Waals surface area (Å²) in [4.78, 5) is 23.6. The van der Waals surface area contributed by atoms with E-state index in [1.165, 1.54) is 5.69 Å². The third kappa shape index (κ3) is 4.41. The van der Waals surface area contributed by atoms with Gasteiger partial charge in [-0.1, -0.05) is 0 Å². The van der Waals surface area contributed by atoms with Gasteiger partial charge in [-0.25, -0.2) is 4.79 Å². The van der Waals surface area contributed by atoms with Crippen molar-refractivity contribution in [1.82, 2.24) is 9.88 Å². The zero-order valence-electron chi connectivity index (χ0n) is 14.6. The fourth-order valence-corrected chi connectivity index (χ4v) is 3.04. The first-order valence-corrected chi connectivity index (χ1v) is 8.62. The highest BCUT2D eigenvalue weighted by atomic mass is 16.2. The average Bonchev–Trinajstić information content (AvgIpc) is 2.98. The smallest absolute Gasteiger partial charge is 0.319 e. The number of rotatable bonds is 5. The molecule has 0 radical (unpaired) electrons. The number of carbonyl (C=O) groups excluding carboxylic acids is 2. The molecule has 2 heterocycles. The topological polar surface area (TPSA) is 75.2 Å². The molecule has 6 nitrogen and oxygen atoms in total. The van der Waals surface area contributed by atoms with E-state index in [4.69, 9.17) is 0 Å². The normalized spacial score (nSPS) is 14.4. The summed E-state index contributed by atoms with van der Waals surface area (Å²) in [5.41, 5.74) is 3.88. The molecule has 3 amide bonds. The lowest BCUT2D eigenvalue weighted by Gasteiger charge is -2.19. The highest BCUT2D eigenvalue weighted by Gasteiger charge is 2.15. The van der Waals surface area contributed by atoms with Gasteiger partial charge in [-0.2, -0.15) is 0 Å². The number of hydrogen-bond acceptors (Lipinski definition) is 2. The second-order valence-electron chi connectivity index (χ2n) is 6.57. The Morgan fingerprint density at radius 2 is 2.16 bits per heavy atom. The molecule has 2 aromatic rings. The SMILES string of the molecule is C[C@@H](CCc1cccn1C)NC(=O)Nc1ccc2c(c1)CCC(=O)N2. The van der Waals surface area contributed by atoms with Crippen molar-refractivity contribution < 1.29 is 9.59 Å². The predicted octanol–water partition coefficient (Wildman–Crippen LogP) is 3.05. The fraction of sp³-hybridized carbons (Fsp3) is 0.368.